The van der Waals surface area contributed by atoms with Crippen LogP contribution in [0.25, 0.3) is 0 Å². The largest absolute Gasteiger partial charge is 0.372 e. The minimum absolute atomic E-state index is 0.157. The third-order valence-electron chi connectivity index (χ3n) is 5.11. The molecule has 2 unspecified atom stereocenters. The zero-order valence-electron chi connectivity index (χ0n) is 14.1. The fraction of sp³-hybridized carbons (Fsp3) is 0.941. The highest BCUT2D eigenvalue weighted by molar-refractivity contribution is 5.78. The lowest BCUT2D eigenvalue weighted by atomic mass is 10.0. The lowest BCUT2D eigenvalue weighted by molar-refractivity contribution is -0.144. The molecule has 0 aromatic heterocycles. The molecule has 0 radical (unpaired) electrons. The van der Waals surface area contributed by atoms with E-state index >= 15 is 0 Å². The van der Waals surface area contributed by atoms with Gasteiger partial charge in [-0.3, -0.25) is 9.69 Å². The van der Waals surface area contributed by atoms with Crippen molar-refractivity contribution in [2.24, 2.45) is 5.92 Å². The predicted octanol–water partition coefficient (Wildman–Crippen LogP) is 1.09. The first kappa shape index (κ1) is 16.2. The van der Waals surface area contributed by atoms with Gasteiger partial charge < -0.3 is 15.0 Å². The van der Waals surface area contributed by atoms with Gasteiger partial charge in [-0.05, 0) is 52.0 Å². The molecule has 0 aromatic rings. The Morgan fingerprint density at radius 1 is 1.09 bits per heavy atom. The standard InChI is InChI=1S/C17H31N3O2/c1-13-10-20(11-14(2)22-13)17(21)12-19-7-5-16(6-8-19)18-9-15-3-4-15/h13-16,18H,3-12H2,1-2H3. The third kappa shape index (κ3) is 4.67. The van der Waals surface area contributed by atoms with Crippen LogP contribution in [-0.2, 0) is 9.53 Å². The summed E-state index contributed by atoms with van der Waals surface area (Å²) in [6.07, 6.45) is 5.49. The van der Waals surface area contributed by atoms with Crippen LogP contribution in [0.1, 0.15) is 39.5 Å². The van der Waals surface area contributed by atoms with E-state index in [2.05, 4.69) is 10.2 Å². The second-order valence-electron chi connectivity index (χ2n) is 7.46. The van der Waals surface area contributed by atoms with E-state index in [1.807, 2.05) is 18.7 Å². The van der Waals surface area contributed by atoms with Gasteiger partial charge >= 0.3 is 0 Å². The highest BCUT2D eigenvalue weighted by atomic mass is 16.5. The molecule has 0 spiro atoms. The average Bonchev–Trinajstić information content (AvgIpc) is 3.30. The van der Waals surface area contributed by atoms with Gasteiger partial charge in [-0.25, -0.2) is 0 Å². The average molecular weight is 309 g/mol. The SMILES string of the molecule is CC1CN(C(=O)CN2CCC(NCC3CC3)CC2)CC(C)O1. The molecule has 5 nitrogen and oxygen atoms in total. The summed E-state index contributed by atoms with van der Waals surface area (Å²) >= 11 is 0. The number of morpholine rings is 1. The predicted molar refractivity (Wildman–Crippen MR) is 86.8 cm³/mol. The van der Waals surface area contributed by atoms with Crippen molar-refractivity contribution in [1.29, 1.82) is 0 Å². The summed E-state index contributed by atoms with van der Waals surface area (Å²) in [4.78, 5) is 16.8. The second kappa shape index (κ2) is 7.28. The van der Waals surface area contributed by atoms with E-state index in [0.717, 1.165) is 32.1 Å². The number of likely N-dealkylation sites (tertiary alicyclic amines) is 1. The molecular weight excluding hydrogens is 278 g/mol. The van der Waals surface area contributed by atoms with Crippen LogP contribution < -0.4 is 5.32 Å². The second-order valence-corrected chi connectivity index (χ2v) is 7.46. The Morgan fingerprint density at radius 3 is 2.32 bits per heavy atom. The van der Waals surface area contributed by atoms with Crippen molar-refractivity contribution in [3.05, 3.63) is 0 Å². The third-order valence-corrected chi connectivity index (χ3v) is 5.11. The van der Waals surface area contributed by atoms with E-state index in [-0.39, 0.29) is 18.1 Å². The van der Waals surface area contributed by atoms with Crippen LogP contribution >= 0.6 is 0 Å². The summed E-state index contributed by atoms with van der Waals surface area (Å²) in [6, 6.07) is 0.662. The maximum atomic E-state index is 12.5. The fourth-order valence-electron chi connectivity index (χ4n) is 3.62. The molecule has 3 aliphatic rings. The highest BCUT2D eigenvalue weighted by Gasteiger charge is 2.28. The van der Waals surface area contributed by atoms with E-state index < -0.39 is 0 Å². The summed E-state index contributed by atoms with van der Waals surface area (Å²) in [6.45, 7) is 9.44. The number of ether oxygens (including phenoxy) is 1. The molecule has 2 atom stereocenters. The minimum atomic E-state index is 0.157. The molecule has 126 valence electrons. The lowest BCUT2D eigenvalue weighted by Gasteiger charge is -2.37. The van der Waals surface area contributed by atoms with Crippen LogP contribution in [0, 0.1) is 5.92 Å². The van der Waals surface area contributed by atoms with E-state index in [9.17, 15) is 4.79 Å². The number of hydrogen-bond acceptors (Lipinski definition) is 4. The van der Waals surface area contributed by atoms with Crippen LogP contribution in [-0.4, -0.2) is 73.2 Å². The lowest BCUT2D eigenvalue weighted by Crippen LogP contribution is -2.52. The molecule has 2 saturated heterocycles. The zero-order chi connectivity index (χ0) is 15.5. The first-order valence-corrected chi connectivity index (χ1v) is 8.99. The molecule has 0 aromatic carbocycles. The number of hydrogen-bond donors (Lipinski definition) is 1. The van der Waals surface area contributed by atoms with Crippen molar-refractivity contribution in [1.82, 2.24) is 15.1 Å². The van der Waals surface area contributed by atoms with Gasteiger partial charge in [0.05, 0.1) is 18.8 Å². The number of piperidine rings is 1. The van der Waals surface area contributed by atoms with E-state index in [1.54, 1.807) is 0 Å². The molecular formula is C17H31N3O2. The summed E-state index contributed by atoms with van der Waals surface area (Å²) in [5, 5.41) is 3.69. The first-order valence-electron chi connectivity index (χ1n) is 8.99. The van der Waals surface area contributed by atoms with Crippen molar-refractivity contribution in [3.63, 3.8) is 0 Å². The maximum Gasteiger partial charge on any atom is 0.236 e. The van der Waals surface area contributed by atoms with Gasteiger partial charge in [0.1, 0.15) is 0 Å². The first-order chi connectivity index (χ1) is 10.6. The van der Waals surface area contributed by atoms with Crippen molar-refractivity contribution < 1.29 is 9.53 Å². The Kier molecular flexibility index (Phi) is 5.37. The van der Waals surface area contributed by atoms with E-state index in [1.165, 1.54) is 32.2 Å². The molecule has 2 heterocycles. The van der Waals surface area contributed by atoms with Crippen molar-refractivity contribution in [2.75, 3.05) is 39.3 Å². The van der Waals surface area contributed by atoms with Crippen LogP contribution in [0.3, 0.4) is 0 Å². The van der Waals surface area contributed by atoms with Crippen LogP contribution in [0.4, 0.5) is 0 Å². The number of nitrogens with one attached hydrogen (secondary N) is 1. The number of carbonyl (C=O) groups is 1. The molecule has 1 amide bonds. The topological polar surface area (TPSA) is 44.8 Å². The van der Waals surface area contributed by atoms with Crippen molar-refractivity contribution >= 4 is 5.91 Å². The van der Waals surface area contributed by atoms with Gasteiger partial charge in [0.2, 0.25) is 5.91 Å². The molecule has 22 heavy (non-hydrogen) atoms. The normalized spacial score (nSPS) is 31.5. The number of amides is 1. The summed E-state index contributed by atoms with van der Waals surface area (Å²) < 4.78 is 5.71. The van der Waals surface area contributed by atoms with Crippen LogP contribution in [0.5, 0.6) is 0 Å². The molecule has 1 N–H and O–H groups in total. The maximum absolute atomic E-state index is 12.5. The van der Waals surface area contributed by atoms with Gasteiger partial charge in [0.15, 0.2) is 0 Å². The van der Waals surface area contributed by atoms with Gasteiger partial charge in [0, 0.05) is 32.2 Å². The van der Waals surface area contributed by atoms with Crippen molar-refractivity contribution in [3.8, 4) is 0 Å². The molecule has 2 aliphatic heterocycles. The number of carbonyl (C=O) groups excluding carboxylic acids is 1. The highest BCUT2D eigenvalue weighted by Crippen LogP contribution is 2.28. The molecule has 3 rings (SSSR count). The zero-order valence-corrected chi connectivity index (χ0v) is 14.1. The molecule has 3 fully saturated rings. The smallest absolute Gasteiger partial charge is 0.236 e. The Labute approximate surface area is 134 Å². The minimum Gasteiger partial charge on any atom is -0.372 e. The Bertz CT molecular complexity index is 368. The van der Waals surface area contributed by atoms with Crippen LogP contribution in [0.15, 0.2) is 0 Å². The Morgan fingerprint density at radius 2 is 1.73 bits per heavy atom. The molecule has 1 saturated carbocycles. The Hall–Kier alpha value is -0.650. The number of nitrogens with zero attached hydrogens (tertiary/aromatic N) is 2. The monoisotopic (exact) mass is 309 g/mol. The van der Waals surface area contributed by atoms with Gasteiger partial charge in [0.25, 0.3) is 0 Å². The fourth-order valence-corrected chi connectivity index (χ4v) is 3.62. The number of rotatable bonds is 5. The quantitative estimate of drug-likeness (QED) is 0.826. The molecule has 5 heteroatoms. The summed E-state index contributed by atoms with van der Waals surface area (Å²) in [5.41, 5.74) is 0. The van der Waals surface area contributed by atoms with E-state index in [0.29, 0.717) is 12.6 Å². The summed E-state index contributed by atoms with van der Waals surface area (Å²) in [5.74, 6) is 1.22. The van der Waals surface area contributed by atoms with E-state index in [4.69, 9.17) is 4.74 Å². The summed E-state index contributed by atoms with van der Waals surface area (Å²) in [7, 11) is 0. The van der Waals surface area contributed by atoms with Gasteiger partial charge in [-0.1, -0.05) is 0 Å². The van der Waals surface area contributed by atoms with Gasteiger partial charge in [-0.2, -0.15) is 0 Å². The molecule has 0 bridgehead atoms. The van der Waals surface area contributed by atoms with Crippen LogP contribution in [0.2, 0.25) is 0 Å². The van der Waals surface area contributed by atoms with Crippen molar-refractivity contribution in [2.45, 2.75) is 57.8 Å². The molecule has 1 aliphatic carbocycles. The Balaban J connectivity index is 1.37. The van der Waals surface area contributed by atoms with Gasteiger partial charge in [-0.15, -0.1) is 0 Å².